The Bertz CT molecular complexity index is 1220. The maximum atomic E-state index is 4.99. The minimum Gasteiger partial charge on any atom is -0.354 e. The van der Waals surface area contributed by atoms with Crippen molar-refractivity contribution in [3.05, 3.63) is 89.6 Å². The van der Waals surface area contributed by atoms with Gasteiger partial charge in [0.05, 0.1) is 5.69 Å². The van der Waals surface area contributed by atoms with Gasteiger partial charge in [0.25, 0.3) is 0 Å². The first-order valence-electron chi connectivity index (χ1n) is 11.3. The van der Waals surface area contributed by atoms with Crippen molar-refractivity contribution in [1.82, 2.24) is 19.5 Å². The van der Waals surface area contributed by atoms with Gasteiger partial charge in [0.15, 0.2) is 5.65 Å². The van der Waals surface area contributed by atoms with Crippen molar-refractivity contribution in [2.75, 3.05) is 37.6 Å². The quantitative estimate of drug-likeness (QED) is 0.460. The maximum absolute atomic E-state index is 4.99. The summed E-state index contributed by atoms with van der Waals surface area (Å²) in [5, 5.41) is 4.99. The smallest absolute Gasteiger partial charge is 0.161 e. The van der Waals surface area contributed by atoms with Gasteiger partial charge in [0, 0.05) is 55.6 Å². The van der Waals surface area contributed by atoms with Gasteiger partial charge in [-0.3, -0.25) is 4.90 Å². The minimum absolute atomic E-state index is 0.951. The summed E-state index contributed by atoms with van der Waals surface area (Å²) >= 11 is 0. The predicted octanol–water partition coefficient (Wildman–Crippen LogP) is 4.85. The number of nitrogens with zero attached hydrogens (tertiary/aromatic N) is 5. The van der Waals surface area contributed by atoms with Crippen LogP contribution in [0.2, 0.25) is 0 Å². The van der Waals surface area contributed by atoms with E-state index in [0.29, 0.717) is 0 Å². The molecular formula is C27H29N5. The molecule has 4 aromatic rings. The van der Waals surface area contributed by atoms with E-state index >= 15 is 0 Å². The molecule has 0 spiro atoms. The molecule has 0 N–H and O–H groups in total. The normalized spacial score (nSPS) is 15.1. The van der Waals surface area contributed by atoms with E-state index in [9.17, 15) is 0 Å². The molecule has 1 fully saturated rings. The Labute approximate surface area is 189 Å². The van der Waals surface area contributed by atoms with Crippen LogP contribution in [0.25, 0.3) is 23.0 Å². The fourth-order valence-electron chi connectivity index (χ4n) is 4.38. The molecule has 5 heteroatoms. The lowest BCUT2D eigenvalue weighted by Gasteiger charge is -2.35. The van der Waals surface area contributed by atoms with E-state index in [4.69, 9.17) is 10.1 Å². The number of anilines is 1. The molecule has 32 heavy (non-hydrogen) atoms. The fraction of sp³-hybridized carbons (Fsp3) is 0.259. The molecule has 0 aliphatic carbocycles. The molecule has 1 aliphatic rings. The Morgan fingerprint density at radius 3 is 2.28 bits per heavy atom. The summed E-state index contributed by atoms with van der Waals surface area (Å²) in [7, 11) is 0. The molecule has 2 aromatic heterocycles. The predicted molar refractivity (Wildman–Crippen MR) is 132 cm³/mol. The number of piperazine rings is 1. The first-order chi connectivity index (χ1) is 15.7. The van der Waals surface area contributed by atoms with Crippen molar-refractivity contribution >= 4 is 17.5 Å². The summed E-state index contributed by atoms with van der Waals surface area (Å²) in [5.41, 5.74) is 6.51. The monoisotopic (exact) mass is 423 g/mol. The molecular weight excluding hydrogens is 394 g/mol. The molecule has 5 nitrogen and oxygen atoms in total. The van der Waals surface area contributed by atoms with Gasteiger partial charge < -0.3 is 4.90 Å². The van der Waals surface area contributed by atoms with E-state index in [-0.39, 0.29) is 0 Å². The lowest BCUT2D eigenvalue weighted by molar-refractivity contribution is 0.283. The summed E-state index contributed by atoms with van der Waals surface area (Å²) in [4.78, 5) is 9.76. The Morgan fingerprint density at radius 2 is 1.56 bits per heavy atom. The molecule has 5 rings (SSSR count). The Kier molecular flexibility index (Phi) is 5.73. The molecule has 162 valence electrons. The average Bonchev–Trinajstić information content (AvgIpc) is 3.16. The lowest BCUT2D eigenvalue weighted by atomic mass is 10.1. The number of hydrogen-bond donors (Lipinski definition) is 0. The highest BCUT2D eigenvalue weighted by molar-refractivity contribution is 5.71. The van der Waals surface area contributed by atoms with Crippen LogP contribution in [0.15, 0.2) is 72.8 Å². The van der Waals surface area contributed by atoms with Gasteiger partial charge in [0.1, 0.15) is 5.82 Å². The molecule has 0 saturated carbocycles. The van der Waals surface area contributed by atoms with Crippen LogP contribution in [0.3, 0.4) is 0 Å². The Hall–Kier alpha value is -3.44. The van der Waals surface area contributed by atoms with E-state index < -0.39 is 0 Å². The maximum Gasteiger partial charge on any atom is 0.161 e. The molecule has 0 atom stereocenters. The third-order valence-corrected chi connectivity index (χ3v) is 6.15. The average molecular weight is 424 g/mol. The number of aromatic nitrogens is 3. The van der Waals surface area contributed by atoms with Crippen molar-refractivity contribution < 1.29 is 0 Å². The summed E-state index contributed by atoms with van der Waals surface area (Å²) in [5.74, 6) is 1.14. The van der Waals surface area contributed by atoms with Gasteiger partial charge in [-0.15, -0.1) is 0 Å². The summed E-state index contributed by atoms with van der Waals surface area (Å²) < 4.78 is 2.04. The number of benzene rings is 2. The van der Waals surface area contributed by atoms with E-state index in [2.05, 4.69) is 96.5 Å². The van der Waals surface area contributed by atoms with E-state index in [1.54, 1.807) is 0 Å². The van der Waals surface area contributed by atoms with Crippen LogP contribution in [0, 0.1) is 13.8 Å². The molecule has 0 unspecified atom stereocenters. The highest BCUT2D eigenvalue weighted by atomic mass is 15.4. The lowest BCUT2D eigenvalue weighted by Crippen LogP contribution is -2.47. The van der Waals surface area contributed by atoms with Crippen molar-refractivity contribution in [3.63, 3.8) is 0 Å². The van der Waals surface area contributed by atoms with Gasteiger partial charge in [-0.05, 0) is 19.4 Å². The third kappa shape index (κ3) is 4.16. The molecule has 0 amide bonds. The number of rotatable bonds is 5. The highest BCUT2D eigenvalue weighted by Crippen LogP contribution is 2.28. The Balaban J connectivity index is 1.34. The van der Waals surface area contributed by atoms with Gasteiger partial charge >= 0.3 is 0 Å². The third-order valence-electron chi connectivity index (χ3n) is 6.15. The molecule has 1 saturated heterocycles. The fourth-order valence-corrected chi connectivity index (χ4v) is 4.38. The molecule has 3 heterocycles. The van der Waals surface area contributed by atoms with Gasteiger partial charge in [-0.1, -0.05) is 72.8 Å². The molecule has 1 aliphatic heterocycles. The van der Waals surface area contributed by atoms with Crippen LogP contribution in [0.1, 0.15) is 16.8 Å². The van der Waals surface area contributed by atoms with Crippen molar-refractivity contribution in [2.45, 2.75) is 13.8 Å². The van der Waals surface area contributed by atoms with Gasteiger partial charge in [-0.25, -0.2) is 4.98 Å². The second-order valence-corrected chi connectivity index (χ2v) is 8.43. The molecule has 0 radical (unpaired) electrons. The number of fused-ring (bicyclic) bond motifs is 1. The topological polar surface area (TPSA) is 36.7 Å². The Morgan fingerprint density at radius 1 is 0.875 bits per heavy atom. The summed E-state index contributed by atoms with van der Waals surface area (Å²) in [6.07, 6.45) is 4.47. The first kappa shape index (κ1) is 20.5. The van der Waals surface area contributed by atoms with Gasteiger partial charge in [-0.2, -0.15) is 9.61 Å². The van der Waals surface area contributed by atoms with E-state index in [1.165, 1.54) is 5.56 Å². The minimum atomic E-state index is 0.951. The second kappa shape index (κ2) is 8.97. The van der Waals surface area contributed by atoms with Crippen molar-refractivity contribution in [1.29, 1.82) is 0 Å². The van der Waals surface area contributed by atoms with Crippen molar-refractivity contribution in [3.8, 4) is 11.3 Å². The highest BCUT2D eigenvalue weighted by Gasteiger charge is 2.21. The van der Waals surface area contributed by atoms with Crippen LogP contribution in [0.4, 0.5) is 5.82 Å². The summed E-state index contributed by atoms with van der Waals surface area (Å²) in [6, 6.07) is 23.0. The van der Waals surface area contributed by atoms with Crippen LogP contribution in [-0.2, 0) is 0 Å². The first-order valence-corrected chi connectivity index (χ1v) is 11.3. The second-order valence-electron chi connectivity index (χ2n) is 8.43. The van der Waals surface area contributed by atoms with Crippen LogP contribution >= 0.6 is 0 Å². The van der Waals surface area contributed by atoms with E-state index in [1.807, 2.05) is 10.6 Å². The largest absolute Gasteiger partial charge is 0.354 e. The van der Waals surface area contributed by atoms with E-state index in [0.717, 1.165) is 66.7 Å². The van der Waals surface area contributed by atoms with Crippen LogP contribution in [-0.4, -0.2) is 52.2 Å². The molecule has 2 aromatic carbocycles. The standard InChI is InChI=1S/C27H29N5/c1-21-20-25(32-27(28-21)22(2)26(29-32)24-13-7-4-8-14-24)31-18-16-30(17-19-31)15-9-12-23-10-5-3-6-11-23/h3-14,20H,15-19H2,1-2H3/b12-9-. The zero-order valence-electron chi connectivity index (χ0n) is 18.8. The van der Waals surface area contributed by atoms with Crippen LogP contribution < -0.4 is 4.90 Å². The zero-order chi connectivity index (χ0) is 21.9. The SMILES string of the molecule is Cc1cc(N2CCN(C/C=C\c3ccccc3)CC2)n2nc(-c3ccccc3)c(C)c2n1. The van der Waals surface area contributed by atoms with Crippen molar-refractivity contribution in [2.24, 2.45) is 0 Å². The van der Waals surface area contributed by atoms with Crippen LogP contribution in [0.5, 0.6) is 0 Å². The number of aryl methyl sites for hydroxylation is 2. The number of hydrogen-bond acceptors (Lipinski definition) is 4. The van der Waals surface area contributed by atoms with Gasteiger partial charge in [0.2, 0.25) is 0 Å². The molecule has 0 bridgehead atoms. The summed E-state index contributed by atoms with van der Waals surface area (Å²) in [6.45, 7) is 9.21. The zero-order valence-corrected chi connectivity index (χ0v) is 18.8.